The van der Waals surface area contributed by atoms with Crippen LogP contribution in [0.4, 0.5) is 5.82 Å². The summed E-state index contributed by atoms with van der Waals surface area (Å²) in [6, 6.07) is 13.0. The molecular weight excluding hydrogens is 440 g/mol. The van der Waals surface area contributed by atoms with Gasteiger partial charge in [0.15, 0.2) is 0 Å². The molecule has 1 saturated heterocycles. The molecule has 8 nitrogen and oxygen atoms in total. The highest BCUT2D eigenvalue weighted by molar-refractivity contribution is 7.95. The Morgan fingerprint density at radius 2 is 1.82 bits per heavy atom. The lowest BCUT2D eigenvalue weighted by atomic mass is 10.1. The molecular formula is C24H24N4O4S. The van der Waals surface area contributed by atoms with Crippen LogP contribution in [0, 0.1) is 18.3 Å². The highest BCUT2D eigenvalue weighted by Gasteiger charge is 2.28. The van der Waals surface area contributed by atoms with Gasteiger partial charge in [0.25, 0.3) is 5.56 Å². The van der Waals surface area contributed by atoms with E-state index in [9.17, 15) is 18.5 Å². The topological polar surface area (TPSA) is 105 Å². The molecule has 3 heterocycles. The fourth-order valence-electron chi connectivity index (χ4n) is 4.05. The number of nitriles is 1. The minimum atomic E-state index is -4.12. The average molecular weight is 465 g/mol. The van der Waals surface area contributed by atoms with Gasteiger partial charge in [0, 0.05) is 19.3 Å². The molecule has 0 amide bonds. The summed E-state index contributed by atoms with van der Waals surface area (Å²) in [6.07, 6.45) is 2.52. The Morgan fingerprint density at radius 3 is 2.45 bits per heavy atom. The van der Waals surface area contributed by atoms with E-state index in [0.29, 0.717) is 24.6 Å². The number of aromatic nitrogens is 2. The Hall–Kier alpha value is -3.48. The molecule has 0 unspecified atom stereocenters. The lowest BCUT2D eigenvalue weighted by Gasteiger charge is -2.36. The first-order valence-electron chi connectivity index (χ1n) is 10.6. The van der Waals surface area contributed by atoms with Crippen LogP contribution in [0.25, 0.3) is 11.7 Å². The molecule has 0 spiro atoms. The first kappa shape index (κ1) is 22.7. The molecule has 9 heteroatoms. The summed E-state index contributed by atoms with van der Waals surface area (Å²) in [5, 5.41) is 9.76. The Morgan fingerprint density at radius 1 is 1.15 bits per heavy atom. The minimum absolute atomic E-state index is 0.0161. The number of fused-ring (bicyclic) bond motifs is 1. The lowest BCUT2D eigenvalue weighted by molar-refractivity contribution is -0.00546. The number of ether oxygens (including phenoxy) is 1. The number of anilines is 1. The van der Waals surface area contributed by atoms with E-state index in [1.807, 2.05) is 31.7 Å². The maximum absolute atomic E-state index is 13.5. The van der Waals surface area contributed by atoms with Crippen LogP contribution in [0.1, 0.15) is 25.0 Å². The fourth-order valence-corrected chi connectivity index (χ4v) is 5.21. The van der Waals surface area contributed by atoms with Crippen molar-refractivity contribution in [1.82, 2.24) is 9.38 Å². The number of hydrogen-bond acceptors (Lipinski definition) is 7. The zero-order valence-corrected chi connectivity index (χ0v) is 19.4. The molecule has 0 bridgehead atoms. The van der Waals surface area contributed by atoms with Crippen molar-refractivity contribution in [2.24, 2.45) is 0 Å². The van der Waals surface area contributed by atoms with Crippen molar-refractivity contribution in [3.8, 4) is 6.07 Å². The third kappa shape index (κ3) is 4.27. The van der Waals surface area contributed by atoms with Crippen molar-refractivity contribution >= 4 is 27.4 Å². The van der Waals surface area contributed by atoms with E-state index >= 15 is 0 Å². The van der Waals surface area contributed by atoms with Crippen LogP contribution in [0.15, 0.2) is 63.3 Å². The number of sulfone groups is 1. The van der Waals surface area contributed by atoms with E-state index in [2.05, 4.69) is 0 Å². The molecule has 0 saturated carbocycles. The maximum Gasteiger partial charge on any atom is 0.267 e. The third-order valence-electron chi connectivity index (χ3n) is 5.51. The van der Waals surface area contributed by atoms with Crippen molar-refractivity contribution in [3.05, 3.63) is 75.0 Å². The van der Waals surface area contributed by atoms with Crippen LogP contribution >= 0.6 is 0 Å². The summed E-state index contributed by atoms with van der Waals surface area (Å²) in [4.78, 5) is 19.7. The zero-order chi connectivity index (χ0) is 23.8. The Balaban J connectivity index is 1.99. The van der Waals surface area contributed by atoms with Gasteiger partial charge in [-0.1, -0.05) is 24.3 Å². The minimum Gasteiger partial charge on any atom is -0.372 e. The lowest BCUT2D eigenvalue weighted by Crippen LogP contribution is -2.46. The van der Waals surface area contributed by atoms with Crippen LogP contribution in [0.3, 0.4) is 0 Å². The maximum atomic E-state index is 13.5. The normalized spacial score (nSPS) is 19.5. The van der Waals surface area contributed by atoms with Gasteiger partial charge < -0.3 is 9.64 Å². The van der Waals surface area contributed by atoms with Crippen LogP contribution in [0.2, 0.25) is 0 Å². The van der Waals surface area contributed by atoms with Gasteiger partial charge >= 0.3 is 0 Å². The van der Waals surface area contributed by atoms with Gasteiger partial charge in [0.05, 0.1) is 22.7 Å². The van der Waals surface area contributed by atoms with Gasteiger partial charge in [-0.05, 0) is 50.6 Å². The van der Waals surface area contributed by atoms with Gasteiger partial charge in [-0.2, -0.15) is 5.26 Å². The number of aryl methyl sites for hydroxylation is 1. The molecule has 0 radical (unpaired) electrons. The largest absolute Gasteiger partial charge is 0.372 e. The molecule has 3 aromatic rings. The number of hydrogen-bond donors (Lipinski definition) is 0. The predicted octanol–water partition coefficient (Wildman–Crippen LogP) is 2.95. The van der Waals surface area contributed by atoms with E-state index in [4.69, 9.17) is 9.72 Å². The van der Waals surface area contributed by atoms with Crippen molar-refractivity contribution in [2.75, 3.05) is 18.0 Å². The second-order valence-electron chi connectivity index (χ2n) is 8.14. The Bertz CT molecular complexity index is 1430. The smallest absolute Gasteiger partial charge is 0.267 e. The van der Waals surface area contributed by atoms with Gasteiger partial charge in [-0.25, -0.2) is 13.4 Å². The van der Waals surface area contributed by atoms with E-state index in [1.54, 1.807) is 36.5 Å². The summed E-state index contributed by atoms with van der Waals surface area (Å²) < 4.78 is 33.5. The fraction of sp³-hybridized carbons (Fsp3) is 0.292. The molecule has 0 aliphatic carbocycles. The number of allylic oxidation sites excluding steroid dienone is 1. The molecule has 33 heavy (non-hydrogen) atoms. The van der Waals surface area contributed by atoms with Gasteiger partial charge in [-0.15, -0.1) is 0 Å². The molecule has 0 N–H and O–H groups in total. The standard InChI is InChI=1S/C24H24N4O4S/c1-16-8-7-11-28-22(16)26-23(27-14-17(2)32-18(3)15-27)21(24(28)29)12-20(13-25)33(30,31)19-9-5-4-6-10-19/h4-12,17-18H,14-15H2,1-3H3/b20-12+/t17-,18+. The van der Waals surface area contributed by atoms with Crippen LogP contribution < -0.4 is 10.5 Å². The molecule has 1 aromatic carbocycles. The summed E-state index contributed by atoms with van der Waals surface area (Å²) in [7, 11) is -4.12. The molecule has 170 valence electrons. The van der Waals surface area contributed by atoms with E-state index in [0.717, 1.165) is 11.6 Å². The molecule has 1 aliphatic rings. The quantitative estimate of drug-likeness (QED) is 0.547. The molecule has 2 atom stereocenters. The summed E-state index contributed by atoms with van der Waals surface area (Å²) in [5.74, 6) is 0.340. The monoisotopic (exact) mass is 464 g/mol. The highest BCUT2D eigenvalue weighted by Crippen LogP contribution is 2.26. The first-order chi connectivity index (χ1) is 15.7. The van der Waals surface area contributed by atoms with Crippen molar-refractivity contribution in [3.63, 3.8) is 0 Å². The number of nitrogens with zero attached hydrogens (tertiary/aromatic N) is 4. The van der Waals surface area contributed by atoms with Gasteiger partial charge in [0.1, 0.15) is 22.4 Å². The molecule has 2 aromatic heterocycles. The average Bonchev–Trinajstić information content (AvgIpc) is 2.78. The summed E-state index contributed by atoms with van der Waals surface area (Å²) >= 11 is 0. The Kier molecular flexibility index (Phi) is 6.06. The molecule has 4 rings (SSSR count). The van der Waals surface area contributed by atoms with Crippen LogP contribution in [-0.2, 0) is 14.6 Å². The van der Waals surface area contributed by atoms with E-state index in [-0.39, 0.29) is 22.7 Å². The number of pyridine rings is 1. The van der Waals surface area contributed by atoms with Gasteiger partial charge in [0.2, 0.25) is 9.84 Å². The third-order valence-corrected chi connectivity index (χ3v) is 7.19. The van der Waals surface area contributed by atoms with Crippen LogP contribution in [0.5, 0.6) is 0 Å². The molecule has 1 aliphatic heterocycles. The Labute approximate surface area is 192 Å². The van der Waals surface area contributed by atoms with E-state index < -0.39 is 20.3 Å². The highest BCUT2D eigenvalue weighted by atomic mass is 32.2. The van der Waals surface area contributed by atoms with Crippen molar-refractivity contribution < 1.29 is 13.2 Å². The van der Waals surface area contributed by atoms with E-state index in [1.165, 1.54) is 16.5 Å². The number of morpholine rings is 1. The number of rotatable bonds is 4. The number of benzene rings is 1. The SMILES string of the molecule is Cc1cccn2c(=O)c(/C=C(\C#N)S(=O)(=O)c3ccccc3)c(N3C[C@@H](C)O[C@@H](C)C3)nc12. The van der Waals surface area contributed by atoms with Crippen molar-refractivity contribution in [2.45, 2.75) is 37.9 Å². The zero-order valence-electron chi connectivity index (χ0n) is 18.6. The van der Waals surface area contributed by atoms with Gasteiger partial charge in [-0.3, -0.25) is 9.20 Å². The predicted molar refractivity (Wildman–Crippen MR) is 126 cm³/mol. The summed E-state index contributed by atoms with van der Waals surface area (Å²) in [5.41, 5.74) is 0.890. The second kappa shape index (κ2) is 8.81. The first-order valence-corrected chi connectivity index (χ1v) is 12.0. The molecule has 1 fully saturated rings. The van der Waals surface area contributed by atoms with Crippen LogP contribution in [-0.4, -0.2) is 43.1 Å². The summed E-state index contributed by atoms with van der Waals surface area (Å²) in [6.45, 7) is 6.67. The van der Waals surface area contributed by atoms with Crippen molar-refractivity contribution in [1.29, 1.82) is 5.26 Å². The second-order valence-corrected chi connectivity index (χ2v) is 10.1.